The Balaban J connectivity index is 1.44. The van der Waals surface area contributed by atoms with E-state index in [1.54, 1.807) is 0 Å². The van der Waals surface area contributed by atoms with Gasteiger partial charge in [0.2, 0.25) is 0 Å². The number of carbonyl (C=O) groups excluding carboxylic acids is 3. The number of ether oxygens (including phenoxy) is 1. The number of amides is 3. The topological polar surface area (TPSA) is 84.5 Å². The Kier molecular flexibility index (Phi) is 5.73. The largest absolute Gasteiger partial charge is 0.451 e. The average molecular weight is 364 g/mol. The molecular weight excluding hydrogens is 340 g/mol. The third-order valence-electron chi connectivity index (χ3n) is 4.81. The summed E-state index contributed by atoms with van der Waals surface area (Å²) in [6, 6.07) is 1.49. The quantitative estimate of drug-likeness (QED) is 0.805. The summed E-state index contributed by atoms with van der Waals surface area (Å²) < 4.78 is 5.04. The summed E-state index contributed by atoms with van der Waals surface area (Å²) in [5.74, 6) is -0.479. The second kappa shape index (κ2) is 7.99. The number of nitrogens with one attached hydrogen (secondary N) is 2. The van der Waals surface area contributed by atoms with Crippen LogP contribution in [0.1, 0.15) is 59.1 Å². The Morgan fingerprint density at radius 3 is 2.76 bits per heavy atom. The first-order chi connectivity index (χ1) is 12.0. The minimum Gasteiger partial charge on any atom is -0.451 e. The van der Waals surface area contributed by atoms with Crippen LogP contribution in [0, 0.1) is 5.92 Å². The standard InChI is InChI=1S/C18H24N2O4S/c1-11-6-7-14-12(8-11)9-15(25-14)17(22)24-10-16(21)20-18(23)19-13-4-2-3-5-13/h9,11,13H,2-8,10H2,1H3,(H2,19,20,21,23)/t11-/m1/s1. The molecule has 0 saturated heterocycles. The van der Waals surface area contributed by atoms with Crippen LogP contribution in [0.15, 0.2) is 6.07 Å². The summed E-state index contributed by atoms with van der Waals surface area (Å²) >= 11 is 1.45. The molecule has 0 aliphatic heterocycles. The first-order valence-corrected chi connectivity index (χ1v) is 9.72. The van der Waals surface area contributed by atoms with Crippen molar-refractivity contribution in [2.24, 2.45) is 5.92 Å². The highest BCUT2D eigenvalue weighted by Crippen LogP contribution is 2.32. The molecule has 3 amide bonds. The maximum Gasteiger partial charge on any atom is 0.348 e. The number of thiophene rings is 1. The molecule has 0 aromatic carbocycles. The van der Waals surface area contributed by atoms with Gasteiger partial charge in [-0.1, -0.05) is 19.8 Å². The molecule has 1 atom stereocenters. The van der Waals surface area contributed by atoms with Gasteiger partial charge in [-0.2, -0.15) is 0 Å². The van der Waals surface area contributed by atoms with Crippen LogP contribution >= 0.6 is 11.3 Å². The normalized spacial score (nSPS) is 20.0. The molecule has 1 heterocycles. The van der Waals surface area contributed by atoms with E-state index in [-0.39, 0.29) is 6.04 Å². The molecule has 7 heteroatoms. The van der Waals surface area contributed by atoms with Crippen LogP contribution in [0.2, 0.25) is 0 Å². The molecule has 0 spiro atoms. The van der Waals surface area contributed by atoms with E-state index in [2.05, 4.69) is 17.6 Å². The molecule has 0 unspecified atom stereocenters. The second-order valence-electron chi connectivity index (χ2n) is 6.99. The molecule has 136 valence electrons. The van der Waals surface area contributed by atoms with Gasteiger partial charge >= 0.3 is 12.0 Å². The van der Waals surface area contributed by atoms with E-state index in [1.165, 1.54) is 21.8 Å². The summed E-state index contributed by atoms with van der Waals surface area (Å²) in [5, 5.41) is 4.96. The van der Waals surface area contributed by atoms with E-state index in [0.717, 1.165) is 44.9 Å². The Morgan fingerprint density at radius 2 is 2.00 bits per heavy atom. The lowest BCUT2D eigenvalue weighted by Gasteiger charge is -2.16. The molecule has 0 radical (unpaired) electrons. The highest BCUT2D eigenvalue weighted by atomic mass is 32.1. The Bertz CT molecular complexity index is 664. The monoisotopic (exact) mass is 364 g/mol. The lowest BCUT2D eigenvalue weighted by atomic mass is 9.90. The van der Waals surface area contributed by atoms with Gasteiger partial charge in [-0.15, -0.1) is 11.3 Å². The van der Waals surface area contributed by atoms with Crippen molar-refractivity contribution in [1.29, 1.82) is 0 Å². The number of urea groups is 1. The number of hydrogen-bond acceptors (Lipinski definition) is 5. The van der Waals surface area contributed by atoms with E-state index in [9.17, 15) is 14.4 Å². The maximum atomic E-state index is 12.1. The number of esters is 1. The summed E-state index contributed by atoms with van der Waals surface area (Å²) in [6.07, 6.45) is 7.20. The van der Waals surface area contributed by atoms with Crippen molar-refractivity contribution in [1.82, 2.24) is 10.6 Å². The zero-order valence-electron chi connectivity index (χ0n) is 14.4. The number of carbonyl (C=O) groups is 3. The Labute approximate surface area is 151 Å². The molecule has 25 heavy (non-hydrogen) atoms. The Morgan fingerprint density at radius 1 is 1.24 bits per heavy atom. The van der Waals surface area contributed by atoms with E-state index >= 15 is 0 Å². The summed E-state index contributed by atoms with van der Waals surface area (Å²) in [4.78, 5) is 37.4. The lowest BCUT2D eigenvalue weighted by Crippen LogP contribution is -2.44. The fraction of sp³-hybridized carbons (Fsp3) is 0.611. The van der Waals surface area contributed by atoms with Crippen LogP contribution in [-0.4, -0.2) is 30.6 Å². The van der Waals surface area contributed by atoms with Gasteiger partial charge in [-0.25, -0.2) is 9.59 Å². The summed E-state index contributed by atoms with van der Waals surface area (Å²) in [7, 11) is 0. The molecule has 1 fully saturated rings. The SMILES string of the molecule is C[C@@H]1CCc2sc(C(=O)OCC(=O)NC(=O)NC3CCCC3)cc2C1. The summed E-state index contributed by atoms with van der Waals surface area (Å²) in [5.41, 5.74) is 1.22. The predicted molar refractivity (Wildman–Crippen MR) is 94.7 cm³/mol. The molecule has 2 N–H and O–H groups in total. The molecule has 0 bridgehead atoms. The third-order valence-corrected chi connectivity index (χ3v) is 6.03. The number of imide groups is 1. The van der Waals surface area contributed by atoms with E-state index < -0.39 is 24.5 Å². The van der Waals surface area contributed by atoms with Gasteiger partial charge in [0.05, 0.1) is 0 Å². The molecule has 1 aromatic heterocycles. The van der Waals surface area contributed by atoms with Crippen molar-refractivity contribution >= 4 is 29.2 Å². The van der Waals surface area contributed by atoms with E-state index in [0.29, 0.717) is 10.8 Å². The van der Waals surface area contributed by atoms with Gasteiger partial charge < -0.3 is 10.1 Å². The molecule has 1 saturated carbocycles. The fourth-order valence-corrected chi connectivity index (χ4v) is 4.57. The van der Waals surface area contributed by atoms with Crippen LogP contribution < -0.4 is 10.6 Å². The van der Waals surface area contributed by atoms with Crippen LogP contribution in [-0.2, 0) is 22.4 Å². The maximum absolute atomic E-state index is 12.1. The zero-order valence-corrected chi connectivity index (χ0v) is 15.2. The van der Waals surface area contributed by atoms with Crippen LogP contribution in [0.3, 0.4) is 0 Å². The fourth-order valence-electron chi connectivity index (χ4n) is 3.46. The second-order valence-corrected chi connectivity index (χ2v) is 8.12. The molecule has 2 aliphatic rings. The van der Waals surface area contributed by atoms with Crippen molar-refractivity contribution in [2.45, 2.75) is 57.9 Å². The van der Waals surface area contributed by atoms with Crippen molar-refractivity contribution < 1.29 is 19.1 Å². The number of fused-ring (bicyclic) bond motifs is 1. The van der Waals surface area contributed by atoms with Crippen LogP contribution in [0.5, 0.6) is 0 Å². The third kappa shape index (κ3) is 4.81. The highest BCUT2D eigenvalue weighted by Gasteiger charge is 2.22. The predicted octanol–water partition coefficient (Wildman–Crippen LogP) is 2.80. The first-order valence-electron chi connectivity index (χ1n) is 8.90. The average Bonchev–Trinajstić information content (AvgIpc) is 3.21. The minimum absolute atomic E-state index is 0.134. The van der Waals surface area contributed by atoms with Gasteiger partial charge in [0.1, 0.15) is 4.88 Å². The van der Waals surface area contributed by atoms with Gasteiger partial charge in [0, 0.05) is 10.9 Å². The molecule has 6 nitrogen and oxygen atoms in total. The van der Waals surface area contributed by atoms with E-state index in [4.69, 9.17) is 4.74 Å². The Hall–Kier alpha value is -1.89. The molecule has 2 aliphatic carbocycles. The van der Waals surface area contributed by atoms with Crippen LogP contribution in [0.25, 0.3) is 0 Å². The first kappa shape index (κ1) is 17.9. The van der Waals surface area contributed by atoms with Crippen LogP contribution in [0.4, 0.5) is 4.79 Å². The molecular formula is C18H24N2O4S. The van der Waals surface area contributed by atoms with Gasteiger partial charge in [-0.05, 0) is 49.7 Å². The van der Waals surface area contributed by atoms with Crippen molar-refractivity contribution in [3.05, 3.63) is 21.4 Å². The van der Waals surface area contributed by atoms with Crippen molar-refractivity contribution in [3.63, 3.8) is 0 Å². The lowest BCUT2D eigenvalue weighted by molar-refractivity contribution is -0.123. The number of aryl methyl sites for hydroxylation is 1. The number of rotatable bonds is 4. The van der Waals surface area contributed by atoms with Crippen molar-refractivity contribution in [2.75, 3.05) is 6.61 Å². The van der Waals surface area contributed by atoms with E-state index in [1.807, 2.05) is 6.07 Å². The van der Waals surface area contributed by atoms with Gasteiger partial charge in [0.15, 0.2) is 6.61 Å². The smallest absolute Gasteiger partial charge is 0.348 e. The molecule has 3 rings (SSSR count). The van der Waals surface area contributed by atoms with Gasteiger partial charge in [-0.3, -0.25) is 10.1 Å². The van der Waals surface area contributed by atoms with Gasteiger partial charge in [0.25, 0.3) is 5.91 Å². The number of hydrogen-bond donors (Lipinski definition) is 2. The minimum atomic E-state index is -0.612. The highest BCUT2D eigenvalue weighted by molar-refractivity contribution is 7.14. The van der Waals surface area contributed by atoms with Crippen molar-refractivity contribution in [3.8, 4) is 0 Å². The zero-order chi connectivity index (χ0) is 17.8. The molecule has 1 aromatic rings. The summed E-state index contributed by atoms with van der Waals surface area (Å²) in [6.45, 7) is 1.76.